The van der Waals surface area contributed by atoms with Crippen molar-refractivity contribution >= 4 is 22.8 Å². The van der Waals surface area contributed by atoms with Gasteiger partial charge in [-0.1, -0.05) is 24.3 Å². The lowest BCUT2D eigenvalue weighted by molar-refractivity contribution is -0.130. The van der Waals surface area contributed by atoms with Crippen LogP contribution < -0.4 is 10.5 Å². The van der Waals surface area contributed by atoms with Crippen molar-refractivity contribution in [2.75, 3.05) is 31.1 Å². The molecule has 4 rings (SSSR count). The Kier molecular flexibility index (Phi) is 4.81. The van der Waals surface area contributed by atoms with E-state index in [2.05, 4.69) is 4.98 Å². The predicted molar refractivity (Wildman–Crippen MR) is 106 cm³/mol. The van der Waals surface area contributed by atoms with Gasteiger partial charge in [-0.2, -0.15) is 0 Å². The number of hydrogen-bond donors (Lipinski definition) is 0. The zero-order valence-corrected chi connectivity index (χ0v) is 15.6. The van der Waals surface area contributed by atoms with E-state index in [-0.39, 0.29) is 23.7 Å². The van der Waals surface area contributed by atoms with Gasteiger partial charge in [0.15, 0.2) is 5.82 Å². The van der Waals surface area contributed by atoms with E-state index in [0.717, 1.165) is 11.0 Å². The second kappa shape index (κ2) is 7.42. The number of aryl methyl sites for hydroxylation is 1. The van der Waals surface area contributed by atoms with Gasteiger partial charge in [0.2, 0.25) is 5.91 Å². The van der Waals surface area contributed by atoms with Crippen LogP contribution in [-0.2, 0) is 18.3 Å². The molecule has 7 heteroatoms. The van der Waals surface area contributed by atoms with Gasteiger partial charge in [0, 0.05) is 33.2 Å². The Morgan fingerprint density at radius 3 is 2.57 bits per heavy atom. The second-order valence-electron chi connectivity index (χ2n) is 6.96. The fraction of sp³-hybridized carbons (Fsp3) is 0.286. The molecule has 0 saturated carbocycles. The van der Waals surface area contributed by atoms with E-state index in [1.54, 1.807) is 28.6 Å². The highest BCUT2D eigenvalue weighted by atomic mass is 19.1. The first-order chi connectivity index (χ1) is 13.5. The largest absolute Gasteiger partial charge is 0.348 e. The first kappa shape index (κ1) is 18.2. The van der Waals surface area contributed by atoms with Crippen molar-refractivity contribution in [2.45, 2.75) is 6.42 Å². The summed E-state index contributed by atoms with van der Waals surface area (Å²) in [6, 6.07) is 13.6. The van der Waals surface area contributed by atoms with E-state index in [4.69, 9.17) is 0 Å². The summed E-state index contributed by atoms with van der Waals surface area (Å²) < 4.78 is 14.9. The molecule has 0 radical (unpaired) electrons. The van der Waals surface area contributed by atoms with E-state index < -0.39 is 0 Å². The number of piperazine rings is 1. The maximum atomic E-state index is 13.3. The first-order valence-corrected chi connectivity index (χ1v) is 9.26. The van der Waals surface area contributed by atoms with Crippen LogP contribution in [0.15, 0.2) is 53.3 Å². The zero-order chi connectivity index (χ0) is 19.7. The molecule has 0 atom stereocenters. The summed E-state index contributed by atoms with van der Waals surface area (Å²) in [6.45, 7) is 2.09. The van der Waals surface area contributed by atoms with E-state index in [9.17, 15) is 14.0 Å². The Labute approximate surface area is 161 Å². The number of nitrogens with zero attached hydrogens (tertiary/aromatic N) is 4. The number of halogens is 1. The van der Waals surface area contributed by atoms with Gasteiger partial charge in [0.1, 0.15) is 5.82 Å². The molecule has 1 aliphatic heterocycles. The third-order valence-corrected chi connectivity index (χ3v) is 5.14. The molecule has 1 saturated heterocycles. The fourth-order valence-corrected chi connectivity index (χ4v) is 3.57. The standard InChI is InChI=1S/C21H21FN4O2/c1-24-18-8-3-2-7-17(18)23-20(21(24)28)26-11-9-25(10-12-26)19(27)14-15-5-4-6-16(22)13-15/h2-8,13H,9-12,14H2,1H3. The van der Waals surface area contributed by atoms with Crippen LogP contribution in [0.3, 0.4) is 0 Å². The highest BCUT2D eigenvalue weighted by molar-refractivity contribution is 5.79. The number of amides is 1. The van der Waals surface area contributed by atoms with E-state index in [0.29, 0.717) is 37.6 Å². The highest BCUT2D eigenvalue weighted by Gasteiger charge is 2.24. The van der Waals surface area contributed by atoms with Gasteiger partial charge in [0.25, 0.3) is 5.56 Å². The first-order valence-electron chi connectivity index (χ1n) is 9.26. The monoisotopic (exact) mass is 380 g/mol. The fourth-order valence-electron chi connectivity index (χ4n) is 3.57. The SMILES string of the molecule is Cn1c(=O)c(N2CCN(C(=O)Cc3cccc(F)c3)CC2)nc2ccccc21. The van der Waals surface area contributed by atoms with Crippen LogP contribution >= 0.6 is 0 Å². The number of carbonyl (C=O) groups excluding carboxylic acids is 1. The summed E-state index contributed by atoms with van der Waals surface area (Å²) in [6.07, 6.45) is 0.174. The molecule has 0 N–H and O–H groups in total. The number of benzene rings is 2. The topological polar surface area (TPSA) is 58.4 Å². The number of para-hydroxylation sites is 2. The van der Waals surface area contributed by atoms with E-state index in [1.165, 1.54) is 12.1 Å². The van der Waals surface area contributed by atoms with Gasteiger partial charge >= 0.3 is 0 Å². The number of aromatic nitrogens is 2. The molecule has 2 aromatic carbocycles. The average molecular weight is 380 g/mol. The molecule has 3 aromatic rings. The molecule has 0 aliphatic carbocycles. The third kappa shape index (κ3) is 3.47. The molecule has 1 aliphatic rings. The van der Waals surface area contributed by atoms with Crippen molar-refractivity contribution in [1.29, 1.82) is 0 Å². The molecular weight excluding hydrogens is 359 g/mol. The summed E-state index contributed by atoms with van der Waals surface area (Å²) >= 11 is 0. The van der Waals surface area contributed by atoms with Gasteiger partial charge in [-0.3, -0.25) is 9.59 Å². The minimum atomic E-state index is -0.339. The second-order valence-corrected chi connectivity index (χ2v) is 6.96. The number of fused-ring (bicyclic) bond motifs is 1. The van der Waals surface area contributed by atoms with E-state index in [1.807, 2.05) is 29.2 Å². The minimum Gasteiger partial charge on any atom is -0.348 e. The third-order valence-electron chi connectivity index (χ3n) is 5.14. The summed E-state index contributed by atoms with van der Waals surface area (Å²) in [5.41, 5.74) is 2.08. The van der Waals surface area contributed by atoms with E-state index >= 15 is 0 Å². The van der Waals surface area contributed by atoms with Crippen molar-refractivity contribution < 1.29 is 9.18 Å². The molecule has 6 nitrogen and oxygen atoms in total. The minimum absolute atomic E-state index is 0.0374. The van der Waals surface area contributed by atoms with Crippen molar-refractivity contribution in [2.24, 2.45) is 7.05 Å². The normalized spacial score (nSPS) is 14.5. The lowest BCUT2D eigenvalue weighted by atomic mass is 10.1. The van der Waals surface area contributed by atoms with Gasteiger partial charge in [-0.25, -0.2) is 9.37 Å². The van der Waals surface area contributed by atoms with Crippen molar-refractivity contribution in [3.05, 3.63) is 70.3 Å². The highest BCUT2D eigenvalue weighted by Crippen LogP contribution is 2.16. The molecule has 144 valence electrons. The lowest BCUT2D eigenvalue weighted by Gasteiger charge is -2.35. The number of rotatable bonds is 3. The zero-order valence-electron chi connectivity index (χ0n) is 15.6. The van der Waals surface area contributed by atoms with Crippen LogP contribution in [0.4, 0.5) is 10.2 Å². The van der Waals surface area contributed by atoms with Crippen LogP contribution in [-0.4, -0.2) is 46.5 Å². The Bertz CT molecular complexity index is 1090. The smallest absolute Gasteiger partial charge is 0.293 e. The number of carbonyl (C=O) groups is 1. The molecule has 2 heterocycles. The van der Waals surface area contributed by atoms with Gasteiger partial charge in [-0.15, -0.1) is 0 Å². The summed E-state index contributed by atoms with van der Waals surface area (Å²) in [5.74, 6) is 0.0383. The van der Waals surface area contributed by atoms with Gasteiger partial charge < -0.3 is 14.4 Å². The molecular formula is C21H21FN4O2. The summed E-state index contributed by atoms with van der Waals surface area (Å²) in [4.78, 5) is 33.5. The average Bonchev–Trinajstić information content (AvgIpc) is 2.71. The Balaban J connectivity index is 1.47. The Morgan fingerprint density at radius 1 is 1.07 bits per heavy atom. The summed E-state index contributed by atoms with van der Waals surface area (Å²) in [5, 5.41) is 0. The maximum absolute atomic E-state index is 13.3. The van der Waals surface area contributed by atoms with Crippen molar-refractivity contribution in [1.82, 2.24) is 14.5 Å². The van der Waals surface area contributed by atoms with Gasteiger partial charge in [0.05, 0.1) is 17.5 Å². The molecule has 0 spiro atoms. The molecule has 1 amide bonds. The van der Waals surface area contributed by atoms with Crippen LogP contribution in [0, 0.1) is 5.82 Å². The van der Waals surface area contributed by atoms with Crippen molar-refractivity contribution in [3.63, 3.8) is 0 Å². The van der Waals surface area contributed by atoms with Crippen LogP contribution in [0.5, 0.6) is 0 Å². The van der Waals surface area contributed by atoms with Gasteiger partial charge in [-0.05, 0) is 29.8 Å². The van der Waals surface area contributed by atoms with Crippen LogP contribution in [0.25, 0.3) is 11.0 Å². The lowest BCUT2D eigenvalue weighted by Crippen LogP contribution is -2.51. The van der Waals surface area contributed by atoms with Crippen LogP contribution in [0.1, 0.15) is 5.56 Å². The Morgan fingerprint density at radius 2 is 1.82 bits per heavy atom. The molecule has 0 unspecified atom stereocenters. The number of anilines is 1. The predicted octanol–water partition coefficient (Wildman–Crippen LogP) is 1.96. The molecule has 28 heavy (non-hydrogen) atoms. The number of hydrogen-bond acceptors (Lipinski definition) is 4. The molecule has 1 aromatic heterocycles. The quantitative estimate of drug-likeness (QED) is 0.697. The summed E-state index contributed by atoms with van der Waals surface area (Å²) in [7, 11) is 1.74. The Hall–Kier alpha value is -3.22. The molecule has 1 fully saturated rings. The van der Waals surface area contributed by atoms with Crippen LogP contribution in [0.2, 0.25) is 0 Å². The van der Waals surface area contributed by atoms with Crippen molar-refractivity contribution in [3.8, 4) is 0 Å². The molecule has 0 bridgehead atoms. The maximum Gasteiger partial charge on any atom is 0.293 e.